The molecule has 1 aliphatic carbocycles. The number of nitrogens with zero attached hydrogens (tertiary/aromatic N) is 2. The van der Waals surface area contributed by atoms with E-state index >= 15 is 0 Å². The Morgan fingerprint density at radius 3 is 3.14 bits per heavy atom. The van der Waals surface area contributed by atoms with Gasteiger partial charge in [0.15, 0.2) is 5.78 Å². The standard InChI is InChI=1S/C11H10N2O/c1-11(4-5-12)7-9-8(10(11)14)3-2-6-13-9/h2-3,6H,4,7H2,1H3. The van der Waals surface area contributed by atoms with Gasteiger partial charge in [0, 0.05) is 30.0 Å². The molecule has 14 heavy (non-hydrogen) atoms. The van der Waals surface area contributed by atoms with Crippen LogP contribution in [0.5, 0.6) is 0 Å². The Bertz CT molecular complexity index is 433. The topological polar surface area (TPSA) is 53.8 Å². The van der Waals surface area contributed by atoms with Gasteiger partial charge in [0.1, 0.15) is 0 Å². The minimum atomic E-state index is -0.550. The van der Waals surface area contributed by atoms with Gasteiger partial charge in [0.25, 0.3) is 0 Å². The molecule has 0 amide bonds. The van der Waals surface area contributed by atoms with E-state index in [0.29, 0.717) is 12.0 Å². The number of hydrogen-bond acceptors (Lipinski definition) is 3. The number of ketones is 1. The molecule has 0 saturated carbocycles. The number of carbonyl (C=O) groups is 1. The summed E-state index contributed by atoms with van der Waals surface area (Å²) < 4.78 is 0. The van der Waals surface area contributed by atoms with Crippen molar-refractivity contribution in [3.8, 4) is 6.07 Å². The Hall–Kier alpha value is -1.69. The van der Waals surface area contributed by atoms with Crippen LogP contribution in [0, 0.1) is 16.7 Å². The SMILES string of the molecule is CC1(CC#N)Cc2ncccc2C1=O. The number of Topliss-reactive ketones (excluding diaryl/α,β-unsaturated/α-hetero) is 1. The zero-order valence-electron chi connectivity index (χ0n) is 7.95. The lowest BCUT2D eigenvalue weighted by molar-refractivity contribution is 0.0847. The molecular formula is C11H10N2O. The van der Waals surface area contributed by atoms with Gasteiger partial charge in [-0.05, 0) is 12.1 Å². The number of carbonyl (C=O) groups excluding carboxylic acids is 1. The van der Waals surface area contributed by atoms with Crippen molar-refractivity contribution in [2.24, 2.45) is 5.41 Å². The molecule has 3 heteroatoms. The van der Waals surface area contributed by atoms with Crippen LogP contribution in [0.3, 0.4) is 0 Å². The van der Waals surface area contributed by atoms with Crippen LogP contribution in [0.1, 0.15) is 29.4 Å². The van der Waals surface area contributed by atoms with E-state index in [0.717, 1.165) is 5.69 Å². The fourth-order valence-corrected chi connectivity index (χ4v) is 1.88. The number of fused-ring (bicyclic) bond motifs is 1. The summed E-state index contributed by atoms with van der Waals surface area (Å²) in [7, 11) is 0. The van der Waals surface area contributed by atoms with Crippen molar-refractivity contribution in [2.45, 2.75) is 19.8 Å². The predicted octanol–water partition coefficient (Wildman–Crippen LogP) is 1.74. The average molecular weight is 186 g/mol. The molecule has 0 radical (unpaired) electrons. The molecule has 0 bridgehead atoms. The van der Waals surface area contributed by atoms with E-state index in [1.54, 1.807) is 18.3 Å². The molecule has 0 saturated heterocycles. The number of rotatable bonds is 1. The molecule has 0 spiro atoms. The van der Waals surface area contributed by atoms with Crippen LogP contribution < -0.4 is 0 Å². The molecule has 2 rings (SSSR count). The maximum Gasteiger partial charge on any atom is 0.171 e. The third-order valence-corrected chi connectivity index (χ3v) is 2.71. The molecule has 0 fully saturated rings. The summed E-state index contributed by atoms with van der Waals surface area (Å²) in [5, 5.41) is 8.67. The van der Waals surface area contributed by atoms with Gasteiger partial charge in [0.2, 0.25) is 0 Å². The van der Waals surface area contributed by atoms with Gasteiger partial charge in [0.05, 0.1) is 11.8 Å². The van der Waals surface area contributed by atoms with Gasteiger partial charge in [-0.15, -0.1) is 0 Å². The fourth-order valence-electron chi connectivity index (χ4n) is 1.88. The van der Waals surface area contributed by atoms with E-state index < -0.39 is 5.41 Å². The minimum absolute atomic E-state index is 0.0575. The van der Waals surface area contributed by atoms with Crippen molar-refractivity contribution in [3.05, 3.63) is 29.6 Å². The van der Waals surface area contributed by atoms with E-state index in [1.807, 2.05) is 6.92 Å². The average Bonchev–Trinajstić information content (AvgIpc) is 2.41. The van der Waals surface area contributed by atoms with Gasteiger partial charge < -0.3 is 0 Å². The summed E-state index contributed by atoms with van der Waals surface area (Å²) in [6.07, 6.45) is 2.54. The highest BCUT2D eigenvalue weighted by atomic mass is 16.1. The molecule has 0 aliphatic heterocycles. The van der Waals surface area contributed by atoms with E-state index in [2.05, 4.69) is 11.1 Å². The summed E-state index contributed by atoms with van der Waals surface area (Å²) in [5.41, 5.74) is 0.964. The molecule has 1 aliphatic rings. The Kier molecular flexibility index (Phi) is 1.85. The summed E-state index contributed by atoms with van der Waals surface area (Å²) >= 11 is 0. The lowest BCUT2D eigenvalue weighted by atomic mass is 9.83. The summed E-state index contributed by atoms with van der Waals surface area (Å²) in [6, 6.07) is 5.61. The van der Waals surface area contributed by atoms with Gasteiger partial charge in [-0.25, -0.2) is 0 Å². The molecule has 0 N–H and O–H groups in total. The number of aromatic nitrogens is 1. The second-order valence-corrected chi connectivity index (χ2v) is 3.90. The monoisotopic (exact) mass is 186 g/mol. The highest BCUT2D eigenvalue weighted by Crippen LogP contribution is 2.37. The van der Waals surface area contributed by atoms with Crippen molar-refractivity contribution in [1.29, 1.82) is 5.26 Å². The third kappa shape index (κ3) is 1.12. The van der Waals surface area contributed by atoms with Crippen LogP contribution >= 0.6 is 0 Å². The van der Waals surface area contributed by atoms with E-state index in [-0.39, 0.29) is 12.2 Å². The second-order valence-electron chi connectivity index (χ2n) is 3.90. The number of pyridine rings is 1. The molecule has 70 valence electrons. The Labute approximate surface area is 82.4 Å². The van der Waals surface area contributed by atoms with Crippen LogP contribution in [-0.4, -0.2) is 10.8 Å². The van der Waals surface area contributed by atoms with Crippen LogP contribution in [-0.2, 0) is 6.42 Å². The molecule has 1 unspecified atom stereocenters. The quantitative estimate of drug-likeness (QED) is 0.671. The summed E-state index contributed by atoms with van der Waals surface area (Å²) in [6.45, 7) is 1.83. The smallest absolute Gasteiger partial charge is 0.171 e. The largest absolute Gasteiger partial charge is 0.293 e. The van der Waals surface area contributed by atoms with Gasteiger partial charge in [-0.1, -0.05) is 6.92 Å². The first-order valence-electron chi connectivity index (χ1n) is 4.53. The molecule has 3 nitrogen and oxygen atoms in total. The van der Waals surface area contributed by atoms with E-state index in [9.17, 15) is 4.79 Å². The van der Waals surface area contributed by atoms with Crippen molar-refractivity contribution >= 4 is 5.78 Å². The van der Waals surface area contributed by atoms with Crippen molar-refractivity contribution in [3.63, 3.8) is 0 Å². The minimum Gasteiger partial charge on any atom is -0.293 e. The maximum absolute atomic E-state index is 11.9. The molecule has 1 aromatic heterocycles. The Morgan fingerprint density at radius 1 is 1.71 bits per heavy atom. The van der Waals surface area contributed by atoms with Crippen LogP contribution in [0.15, 0.2) is 18.3 Å². The normalized spacial score (nSPS) is 24.4. The van der Waals surface area contributed by atoms with Crippen molar-refractivity contribution in [1.82, 2.24) is 4.98 Å². The molecule has 0 aromatic carbocycles. The van der Waals surface area contributed by atoms with E-state index in [4.69, 9.17) is 5.26 Å². The highest BCUT2D eigenvalue weighted by Gasteiger charge is 2.41. The lowest BCUT2D eigenvalue weighted by Gasteiger charge is -2.16. The highest BCUT2D eigenvalue weighted by molar-refractivity contribution is 6.04. The van der Waals surface area contributed by atoms with Gasteiger partial charge in [-0.2, -0.15) is 5.26 Å². The molecule has 1 aromatic rings. The number of nitriles is 1. The van der Waals surface area contributed by atoms with Crippen molar-refractivity contribution < 1.29 is 4.79 Å². The van der Waals surface area contributed by atoms with Crippen LogP contribution in [0.2, 0.25) is 0 Å². The first kappa shape index (κ1) is 8.89. The third-order valence-electron chi connectivity index (χ3n) is 2.71. The zero-order chi connectivity index (χ0) is 10.2. The van der Waals surface area contributed by atoms with Gasteiger partial charge >= 0.3 is 0 Å². The van der Waals surface area contributed by atoms with Gasteiger partial charge in [-0.3, -0.25) is 9.78 Å². The van der Waals surface area contributed by atoms with E-state index in [1.165, 1.54) is 0 Å². The first-order valence-corrected chi connectivity index (χ1v) is 4.53. The maximum atomic E-state index is 11.9. The molecular weight excluding hydrogens is 176 g/mol. The lowest BCUT2D eigenvalue weighted by Crippen LogP contribution is -2.23. The fraction of sp³-hybridized carbons (Fsp3) is 0.364. The zero-order valence-corrected chi connectivity index (χ0v) is 7.95. The molecule has 1 atom stereocenters. The summed E-state index contributed by atoms with van der Waals surface area (Å²) in [4.78, 5) is 16.1. The van der Waals surface area contributed by atoms with Crippen molar-refractivity contribution in [2.75, 3.05) is 0 Å². The first-order chi connectivity index (χ1) is 6.67. The predicted molar refractivity (Wildman–Crippen MR) is 50.6 cm³/mol. The second kappa shape index (κ2) is 2.91. The Morgan fingerprint density at radius 2 is 2.50 bits per heavy atom. The van der Waals surface area contributed by atoms with Crippen LogP contribution in [0.4, 0.5) is 0 Å². The molecule has 1 heterocycles. The van der Waals surface area contributed by atoms with Crippen LogP contribution in [0.25, 0.3) is 0 Å². The summed E-state index contributed by atoms with van der Waals surface area (Å²) in [5.74, 6) is 0.0575. The number of hydrogen-bond donors (Lipinski definition) is 0. The Balaban J connectivity index is 2.44.